The summed E-state index contributed by atoms with van der Waals surface area (Å²) in [6.07, 6.45) is 0. The number of nitrogens with two attached hydrogens (primary N) is 1. The number of carbonyl (C=O) groups is 1. The van der Waals surface area contributed by atoms with Crippen molar-refractivity contribution in [1.29, 1.82) is 0 Å². The minimum atomic E-state index is -0.643. The quantitative estimate of drug-likeness (QED) is 0.643. The molecule has 98 valence electrons. The average molecular weight is 272 g/mol. The SMILES string of the molecule is CC(C)(CN)NC(=O)c1ccc(Cl)cc1[N+](=O)[O-]. The van der Waals surface area contributed by atoms with Gasteiger partial charge in [-0.05, 0) is 26.0 Å². The molecule has 0 fully saturated rings. The number of hydrogen-bond donors (Lipinski definition) is 2. The second-order valence-corrected chi connectivity index (χ2v) is 4.90. The van der Waals surface area contributed by atoms with Crippen molar-refractivity contribution in [3.63, 3.8) is 0 Å². The molecule has 0 unspecified atom stereocenters. The zero-order valence-electron chi connectivity index (χ0n) is 10.1. The van der Waals surface area contributed by atoms with Crippen molar-refractivity contribution < 1.29 is 9.72 Å². The molecule has 1 aromatic carbocycles. The highest BCUT2D eigenvalue weighted by Gasteiger charge is 2.25. The topological polar surface area (TPSA) is 98.3 Å². The van der Waals surface area contributed by atoms with Gasteiger partial charge in [0, 0.05) is 23.2 Å². The molecule has 0 aliphatic carbocycles. The first-order valence-corrected chi connectivity index (χ1v) is 5.61. The fourth-order valence-electron chi connectivity index (χ4n) is 1.27. The van der Waals surface area contributed by atoms with Crippen LogP contribution < -0.4 is 11.1 Å². The van der Waals surface area contributed by atoms with Gasteiger partial charge in [-0.3, -0.25) is 14.9 Å². The van der Waals surface area contributed by atoms with Crippen molar-refractivity contribution in [1.82, 2.24) is 5.32 Å². The minimum absolute atomic E-state index is 0.0362. The lowest BCUT2D eigenvalue weighted by atomic mass is 10.0. The summed E-state index contributed by atoms with van der Waals surface area (Å²) >= 11 is 5.67. The van der Waals surface area contributed by atoms with E-state index in [1.54, 1.807) is 13.8 Å². The molecule has 0 radical (unpaired) electrons. The third kappa shape index (κ3) is 3.41. The molecule has 0 saturated heterocycles. The Kier molecular flexibility index (Phi) is 4.26. The number of nitrogens with one attached hydrogen (secondary N) is 1. The Morgan fingerprint density at radius 1 is 1.56 bits per heavy atom. The predicted octanol–water partition coefficient (Wildman–Crippen LogP) is 1.72. The Morgan fingerprint density at radius 2 is 2.17 bits per heavy atom. The van der Waals surface area contributed by atoms with Gasteiger partial charge >= 0.3 is 0 Å². The molecule has 0 saturated carbocycles. The molecule has 6 nitrogen and oxygen atoms in total. The summed E-state index contributed by atoms with van der Waals surface area (Å²) in [4.78, 5) is 22.2. The Balaban J connectivity index is 3.10. The average Bonchev–Trinajstić information content (AvgIpc) is 2.28. The maximum Gasteiger partial charge on any atom is 0.283 e. The Hall–Kier alpha value is -1.66. The molecule has 0 aliphatic rings. The van der Waals surface area contributed by atoms with Crippen LogP contribution in [0.5, 0.6) is 0 Å². The van der Waals surface area contributed by atoms with Crippen molar-refractivity contribution in [2.45, 2.75) is 19.4 Å². The van der Waals surface area contributed by atoms with Gasteiger partial charge in [0.25, 0.3) is 11.6 Å². The minimum Gasteiger partial charge on any atom is -0.346 e. The second kappa shape index (κ2) is 5.32. The fourth-order valence-corrected chi connectivity index (χ4v) is 1.44. The van der Waals surface area contributed by atoms with Crippen LogP contribution in [-0.2, 0) is 0 Å². The summed E-state index contributed by atoms with van der Waals surface area (Å²) in [5.41, 5.74) is 4.49. The normalized spacial score (nSPS) is 11.1. The van der Waals surface area contributed by atoms with Crippen LogP contribution in [0, 0.1) is 10.1 Å². The van der Waals surface area contributed by atoms with Crippen LogP contribution in [0.15, 0.2) is 18.2 Å². The van der Waals surface area contributed by atoms with E-state index in [-0.39, 0.29) is 22.8 Å². The number of benzene rings is 1. The molecule has 0 aromatic heterocycles. The van der Waals surface area contributed by atoms with Crippen molar-refractivity contribution in [3.05, 3.63) is 38.9 Å². The van der Waals surface area contributed by atoms with Crippen LogP contribution in [0.25, 0.3) is 0 Å². The third-order valence-corrected chi connectivity index (χ3v) is 2.60. The standard InChI is InChI=1S/C11H14ClN3O3/c1-11(2,6-13)14-10(16)8-4-3-7(12)5-9(8)15(17)18/h3-5H,6,13H2,1-2H3,(H,14,16). The maximum atomic E-state index is 11.9. The van der Waals surface area contributed by atoms with Crippen LogP contribution >= 0.6 is 11.6 Å². The Morgan fingerprint density at radius 3 is 2.67 bits per heavy atom. The molecule has 0 bridgehead atoms. The number of hydrogen-bond acceptors (Lipinski definition) is 4. The monoisotopic (exact) mass is 271 g/mol. The number of halogens is 1. The van der Waals surface area contributed by atoms with Crippen LogP contribution in [0.3, 0.4) is 0 Å². The first kappa shape index (κ1) is 14.4. The molecule has 1 aromatic rings. The fraction of sp³-hybridized carbons (Fsp3) is 0.364. The second-order valence-electron chi connectivity index (χ2n) is 4.46. The first-order valence-electron chi connectivity index (χ1n) is 5.23. The van der Waals surface area contributed by atoms with Crippen molar-refractivity contribution in [2.75, 3.05) is 6.54 Å². The van der Waals surface area contributed by atoms with Gasteiger partial charge in [0.1, 0.15) is 5.56 Å². The van der Waals surface area contributed by atoms with E-state index < -0.39 is 16.4 Å². The number of nitro groups is 1. The van der Waals surface area contributed by atoms with Crippen molar-refractivity contribution >= 4 is 23.2 Å². The Bertz CT molecular complexity index is 488. The van der Waals surface area contributed by atoms with Crippen LogP contribution in [0.2, 0.25) is 5.02 Å². The lowest BCUT2D eigenvalue weighted by molar-refractivity contribution is -0.385. The zero-order valence-corrected chi connectivity index (χ0v) is 10.8. The lowest BCUT2D eigenvalue weighted by Crippen LogP contribution is -2.48. The molecule has 0 heterocycles. The summed E-state index contributed by atoms with van der Waals surface area (Å²) in [6, 6.07) is 3.90. The predicted molar refractivity (Wildman–Crippen MR) is 68.7 cm³/mol. The molecule has 0 atom stereocenters. The van der Waals surface area contributed by atoms with Gasteiger partial charge < -0.3 is 11.1 Å². The van der Waals surface area contributed by atoms with Crippen molar-refractivity contribution in [3.8, 4) is 0 Å². The number of nitrogens with zero attached hydrogens (tertiary/aromatic N) is 1. The highest BCUT2D eigenvalue weighted by atomic mass is 35.5. The summed E-state index contributed by atoms with van der Waals surface area (Å²) in [6.45, 7) is 3.68. The first-order chi connectivity index (χ1) is 8.26. The van der Waals surface area contributed by atoms with Crippen LogP contribution in [0.1, 0.15) is 24.2 Å². The molecule has 1 rings (SSSR count). The molecular weight excluding hydrogens is 258 g/mol. The summed E-state index contributed by atoms with van der Waals surface area (Å²) in [5, 5.41) is 13.7. The lowest BCUT2D eigenvalue weighted by Gasteiger charge is -2.24. The van der Waals surface area contributed by atoms with E-state index in [1.165, 1.54) is 12.1 Å². The van der Waals surface area contributed by atoms with Crippen molar-refractivity contribution in [2.24, 2.45) is 5.73 Å². The molecule has 3 N–H and O–H groups in total. The number of amides is 1. The van der Waals surface area contributed by atoms with Gasteiger partial charge in [-0.25, -0.2) is 0 Å². The third-order valence-electron chi connectivity index (χ3n) is 2.36. The highest BCUT2D eigenvalue weighted by Crippen LogP contribution is 2.23. The van der Waals surface area contributed by atoms with E-state index in [9.17, 15) is 14.9 Å². The Labute approximate surface area is 109 Å². The molecule has 7 heteroatoms. The van der Waals surface area contributed by atoms with E-state index >= 15 is 0 Å². The van der Waals surface area contributed by atoms with E-state index in [1.807, 2.05) is 0 Å². The van der Waals surface area contributed by atoms with E-state index in [2.05, 4.69) is 5.32 Å². The van der Waals surface area contributed by atoms with Crippen LogP contribution in [-0.4, -0.2) is 22.9 Å². The number of carbonyl (C=O) groups excluding carboxylic acids is 1. The van der Waals surface area contributed by atoms with Gasteiger partial charge in [-0.1, -0.05) is 11.6 Å². The zero-order chi connectivity index (χ0) is 13.9. The molecule has 18 heavy (non-hydrogen) atoms. The van der Waals surface area contributed by atoms with Gasteiger partial charge in [-0.2, -0.15) is 0 Å². The maximum absolute atomic E-state index is 11.9. The van der Waals surface area contributed by atoms with E-state index in [0.29, 0.717) is 0 Å². The molecular formula is C11H14ClN3O3. The van der Waals surface area contributed by atoms with Gasteiger partial charge in [0.2, 0.25) is 0 Å². The molecule has 1 amide bonds. The van der Waals surface area contributed by atoms with Gasteiger partial charge in [-0.15, -0.1) is 0 Å². The summed E-state index contributed by atoms with van der Waals surface area (Å²) in [7, 11) is 0. The summed E-state index contributed by atoms with van der Waals surface area (Å²) < 4.78 is 0. The highest BCUT2D eigenvalue weighted by molar-refractivity contribution is 6.31. The molecule has 0 aliphatic heterocycles. The summed E-state index contributed by atoms with van der Waals surface area (Å²) in [5.74, 6) is -0.547. The van der Waals surface area contributed by atoms with Gasteiger partial charge in [0.15, 0.2) is 0 Å². The van der Waals surface area contributed by atoms with E-state index in [0.717, 1.165) is 6.07 Å². The van der Waals surface area contributed by atoms with Gasteiger partial charge in [0.05, 0.1) is 4.92 Å². The number of nitro benzene ring substituents is 1. The number of rotatable bonds is 4. The smallest absolute Gasteiger partial charge is 0.283 e. The molecule has 0 spiro atoms. The van der Waals surface area contributed by atoms with E-state index in [4.69, 9.17) is 17.3 Å². The van der Waals surface area contributed by atoms with Crippen LogP contribution in [0.4, 0.5) is 5.69 Å². The largest absolute Gasteiger partial charge is 0.346 e.